The van der Waals surface area contributed by atoms with Gasteiger partial charge in [-0.1, -0.05) is 0 Å². The second-order valence-corrected chi connectivity index (χ2v) is 7.15. The van der Waals surface area contributed by atoms with Crippen LogP contribution in [-0.2, 0) is 6.54 Å². The number of nitrogens with zero attached hydrogens (tertiary/aromatic N) is 2. The summed E-state index contributed by atoms with van der Waals surface area (Å²) in [5, 5.41) is 9.96. The zero-order valence-electron chi connectivity index (χ0n) is 14.4. The molecule has 0 saturated carbocycles. The van der Waals surface area contributed by atoms with Crippen LogP contribution in [0.1, 0.15) is 24.8 Å². The fraction of sp³-hybridized carbons (Fsp3) is 0.667. The van der Waals surface area contributed by atoms with Crippen LogP contribution in [0.3, 0.4) is 0 Å². The Balaban J connectivity index is 1.80. The Hall–Kier alpha value is -1.24. The molecule has 0 radical (unpaired) electrons. The van der Waals surface area contributed by atoms with E-state index in [2.05, 4.69) is 16.8 Å². The van der Waals surface area contributed by atoms with E-state index in [-0.39, 0.29) is 23.6 Å². The Kier molecular flexibility index (Phi) is 5.08. The molecule has 3 rings (SSSR count). The van der Waals surface area contributed by atoms with Gasteiger partial charge in [0, 0.05) is 30.1 Å². The van der Waals surface area contributed by atoms with E-state index in [9.17, 15) is 13.9 Å². The molecule has 0 spiro atoms. The number of hydrogen-bond acceptors (Lipinski definition) is 4. The largest absolute Gasteiger partial charge is 0.496 e. The van der Waals surface area contributed by atoms with Crippen LogP contribution >= 0.6 is 0 Å². The molecule has 2 aliphatic rings. The molecule has 134 valence electrons. The number of aliphatic hydroxyl groups is 1. The van der Waals surface area contributed by atoms with Crippen molar-refractivity contribution in [2.45, 2.75) is 31.8 Å². The molecule has 0 aliphatic carbocycles. The summed E-state index contributed by atoms with van der Waals surface area (Å²) in [4.78, 5) is 4.44. The minimum atomic E-state index is -0.845. The molecule has 6 heteroatoms. The zero-order chi connectivity index (χ0) is 17.3. The van der Waals surface area contributed by atoms with Gasteiger partial charge in [0.25, 0.3) is 0 Å². The second kappa shape index (κ2) is 6.94. The number of fused-ring (bicyclic) bond motifs is 1. The van der Waals surface area contributed by atoms with Gasteiger partial charge in [0.2, 0.25) is 0 Å². The highest BCUT2D eigenvalue weighted by Crippen LogP contribution is 2.42. The topological polar surface area (TPSA) is 35.9 Å². The Labute approximate surface area is 142 Å². The lowest BCUT2D eigenvalue weighted by molar-refractivity contribution is -0.0687. The van der Waals surface area contributed by atoms with E-state index < -0.39 is 11.6 Å². The Morgan fingerprint density at radius 3 is 2.79 bits per heavy atom. The lowest BCUT2D eigenvalue weighted by atomic mass is 9.69. The lowest BCUT2D eigenvalue weighted by Crippen LogP contribution is -2.61. The van der Waals surface area contributed by atoms with E-state index in [1.807, 2.05) is 0 Å². The Morgan fingerprint density at radius 1 is 1.29 bits per heavy atom. The van der Waals surface area contributed by atoms with E-state index in [1.54, 1.807) is 0 Å². The average Bonchev–Trinajstić information content (AvgIpc) is 2.60. The minimum Gasteiger partial charge on any atom is -0.496 e. The van der Waals surface area contributed by atoms with Crippen molar-refractivity contribution < 1.29 is 18.6 Å². The van der Waals surface area contributed by atoms with Crippen molar-refractivity contribution >= 4 is 0 Å². The highest BCUT2D eigenvalue weighted by atomic mass is 19.2. The van der Waals surface area contributed by atoms with Crippen LogP contribution in [0.5, 0.6) is 5.75 Å². The van der Waals surface area contributed by atoms with Crippen molar-refractivity contribution in [1.82, 2.24) is 9.80 Å². The monoisotopic (exact) mass is 340 g/mol. The molecule has 0 bridgehead atoms. The van der Waals surface area contributed by atoms with Crippen molar-refractivity contribution in [3.05, 3.63) is 29.3 Å². The van der Waals surface area contributed by atoms with Crippen LogP contribution in [0.25, 0.3) is 0 Å². The van der Waals surface area contributed by atoms with Crippen molar-refractivity contribution in [2.24, 2.45) is 5.41 Å². The van der Waals surface area contributed by atoms with Gasteiger partial charge in [-0.05, 0) is 51.5 Å². The van der Waals surface area contributed by atoms with E-state index in [1.165, 1.54) is 13.2 Å². The summed E-state index contributed by atoms with van der Waals surface area (Å²) in [6, 6.07) is 2.81. The smallest absolute Gasteiger partial charge is 0.167 e. The SMILES string of the molecule is COc1ccc(F)c(F)c1CN1CC[C@@]2(CO)CCCN(C)[C@@H]2C1. The van der Waals surface area contributed by atoms with Crippen LogP contribution < -0.4 is 4.74 Å². The molecule has 0 aromatic heterocycles. The van der Waals surface area contributed by atoms with Crippen molar-refractivity contribution in [1.29, 1.82) is 0 Å². The van der Waals surface area contributed by atoms with Gasteiger partial charge >= 0.3 is 0 Å². The summed E-state index contributed by atoms with van der Waals surface area (Å²) in [5.41, 5.74) is 0.209. The van der Waals surface area contributed by atoms with Crippen molar-refractivity contribution in [3.63, 3.8) is 0 Å². The molecule has 0 amide bonds. The maximum absolute atomic E-state index is 14.2. The number of halogens is 2. The number of likely N-dealkylation sites (tertiary alicyclic amines) is 2. The molecular formula is C18H26F2N2O2. The first-order valence-electron chi connectivity index (χ1n) is 8.55. The molecule has 24 heavy (non-hydrogen) atoms. The summed E-state index contributed by atoms with van der Waals surface area (Å²) in [6.45, 7) is 3.03. The third kappa shape index (κ3) is 3.03. The first-order valence-corrected chi connectivity index (χ1v) is 8.55. The minimum absolute atomic E-state index is 0.0614. The van der Waals surface area contributed by atoms with E-state index in [0.717, 1.165) is 45.0 Å². The first kappa shape index (κ1) is 17.6. The molecule has 2 saturated heterocycles. The van der Waals surface area contributed by atoms with E-state index in [4.69, 9.17) is 4.74 Å². The molecule has 2 fully saturated rings. The molecule has 1 N–H and O–H groups in total. The van der Waals surface area contributed by atoms with E-state index >= 15 is 0 Å². The summed E-state index contributed by atoms with van der Waals surface area (Å²) in [5.74, 6) is -1.29. The predicted molar refractivity (Wildman–Crippen MR) is 88.0 cm³/mol. The summed E-state index contributed by atoms with van der Waals surface area (Å²) in [7, 11) is 3.55. The third-order valence-corrected chi connectivity index (χ3v) is 5.85. The van der Waals surface area contributed by atoms with Crippen LogP contribution in [0.15, 0.2) is 12.1 Å². The van der Waals surface area contributed by atoms with Crippen molar-refractivity contribution in [3.8, 4) is 5.75 Å². The predicted octanol–water partition coefficient (Wildman–Crippen LogP) is 2.25. The third-order valence-electron chi connectivity index (χ3n) is 5.85. The lowest BCUT2D eigenvalue weighted by Gasteiger charge is -2.53. The average molecular weight is 340 g/mol. The number of piperidine rings is 2. The van der Waals surface area contributed by atoms with Gasteiger partial charge in [-0.15, -0.1) is 0 Å². The zero-order valence-corrected chi connectivity index (χ0v) is 14.4. The van der Waals surface area contributed by atoms with E-state index in [0.29, 0.717) is 12.3 Å². The summed E-state index contributed by atoms with van der Waals surface area (Å²) < 4.78 is 33.0. The summed E-state index contributed by atoms with van der Waals surface area (Å²) in [6.07, 6.45) is 3.00. The molecule has 2 aliphatic heterocycles. The quantitative estimate of drug-likeness (QED) is 0.912. The Morgan fingerprint density at radius 2 is 2.08 bits per heavy atom. The van der Waals surface area contributed by atoms with Gasteiger partial charge < -0.3 is 14.7 Å². The van der Waals surface area contributed by atoms with Crippen LogP contribution in [0.4, 0.5) is 8.78 Å². The van der Waals surface area contributed by atoms with Gasteiger partial charge in [-0.25, -0.2) is 8.78 Å². The molecule has 1 aromatic rings. The molecule has 4 nitrogen and oxygen atoms in total. The van der Waals surface area contributed by atoms with Crippen molar-refractivity contribution in [2.75, 3.05) is 40.4 Å². The fourth-order valence-corrected chi connectivity index (χ4v) is 4.36. The molecular weight excluding hydrogens is 314 g/mol. The van der Waals surface area contributed by atoms with Gasteiger partial charge in [0.1, 0.15) is 5.75 Å². The normalized spacial score (nSPS) is 28.6. The number of aliphatic hydroxyl groups excluding tert-OH is 1. The maximum Gasteiger partial charge on any atom is 0.167 e. The Bertz CT molecular complexity index is 599. The number of benzene rings is 1. The van der Waals surface area contributed by atoms with Crippen LogP contribution in [0, 0.1) is 17.0 Å². The number of methoxy groups -OCH3 is 1. The van der Waals surface area contributed by atoms with Gasteiger partial charge in [-0.3, -0.25) is 4.90 Å². The van der Waals surface area contributed by atoms with Crippen LogP contribution in [-0.4, -0.2) is 61.3 Å². The van der Waals surface area contributed by atoms with Gasteiger partial charge in [0.05, 0.1) is 13.7 Å². The number of hydrogen-bond donors (Lipinski definition) is 1. The summed E-state index contributed by atoms with van der Waals surface area (Å²) >= 11 is 0. The van der Waals surface area contributed by atoms with Crippen LogP contribution in [0.2, 0.25) is 0 Å². The number of ether oxygens (including phenoxy) is 1. The fourth-order valence-electron chi connectivity index (χ4n) is 4.36. The highest BCUT2D eigenvalue weighted by molar-refractivity contribution is 5.35. The molecule has 1 aromatic carbocycles. The molecule has 2 heterocycles. The maximum atomic E-state index is 14.2. The standard InChI is InChI=1S/C18H26F2N2O2/c1-21-8-3-6-18(12-23)7-9-22(11-16(18)21)10-13-15(24-2)5-4-14(19)17(13)20/h4-5,16,23H,3,6-12H2,1-2H3/t16-,18-/m1/s1. The highest BCUT2D eigenvalue weighted by Gasteiger charge is 2.46. The van der Waals surface area contributed by atoms with Gasteiger partial charge in [0.15, 0.2) is 11.6 Å². The molecule has 0 unspecified atom stereocenters. The number of rotatable bonds is 4. The first-order chi connectivity index (χ1) is 11.5. The van der Waals surface area contributed by atoms with Gasteiger partial charge in [-0.2, -0.15) is 0 Å². The number of likely N-dealkylation sites (N-methyl/N-ethyl adjacent to an activating group) is 1. The second-order valence-electron chi connectivity index (χ2n) is 7.15. The molecule has 2 atom stereocenters.